The van der Waals surface area contributed by atoms with Gasteiger partial charge < -0.3 is 5.32 Å². The molecule has 28 heavy (non-hydrogen) atoms. The molecule has 7 nitrogen and oxygen atoms in total. The predicted octanol–water partition coefficient (Wildman–Crippen LogP) is 2.30. The maximum Gasteiger partial charge on any atom is 0.302 e. The van der Waals surface area contributed by atoms with E-state index >= 15 is 0 Å². The number of ketones is 1. The maximum atomic E-state index is 13.6. The van der Waals surface area contributed by atoms with Crippen molar-refractivity contribution in [2.45, 2.75) is 31.2 Å². The highest BCUT2D eigenvalue weighted by Crippen LogP contribution is 2.44. The quantitative estimate of drug-likeness (QED) is 0.227. The van der Waals surface area contributed by atoms with Crippen molar-refractivity contribution in [3.8, 4) is 0 Å². The fourth-order valence-corrected chi connectivity index (χ4v) is 3.04. The summed E-state index contributed by atoms with van der Waals surface area (Å²) >= 11 is 0. The van der Waals surface area contributed by atoms with Gasteiger partial charge in [-0.3, -0.25) is 15.0 Å². The first-order chi connectivity index (χ1) is 13.3. The minimum atomic E-state index is -3.40. The normalized spacial score (nSPS) is 15.1. The number of hydrazine groups is 1. The number of hydrogen-bond donors (Lipinski definition) is 3. The fourth-order valence-electron chi connectivity index (χ4n) is 3.04. The van der Waals surface area contributed by atoms with E-state index in [4.69, 9.17) is 5.84 Å². The number of nitrogens with one attached hydrogen (secondary N) is 2. The molecule has 0 saturated heterocycles. The van der Waals surface area contributed by atoms with Gasteiger partial charge in [0.05, 0.1) is 11.1 Å². The number of amides is 1. The molecule has 0 bridgehead atoms. The standard InChI is InChI=1S/C17H15F4N5O2/c18-9-4-8(5-10(19)6-9)17(2-1-3-17)25-16-23-7-11(15(28)26-22)12(24-16)13(27)14(20)21/h4-7,14H,1-3,22H2,(H,26,28)(H,23,24,25). The van der Waals surface area contributed by atoms with Crippen LogP contribution in [0.15, 0.2) is 24.4 Å². The zero-order valence-corrected chi connectivity index (χ0v) is 14.3. The Kier molecular flexibility index (Phi) is 5.27. The zero-order chi connectivity index (χ0) is 20.5. The van der Waals surface area contributed by atoms with Gasteiger partial charge in [0.25, 0.3) is 5.91 Å². The van der Waals surface area contributed by atoms with Crippen molar-refractivity contribution in [2.75, 3.05) is 5.32 Å². The number of anilines is 1. The minimum absolute atomic E-state index is 0.234. The van der Waals surface area contributed by atoms with Crippen LogP contribution < -0.4 is 16.6 Å². The topological polar surface area (TPSA) is 110 Å². The minimum Gasteiger partial charge on any atom is -0.345 e. The van der Waals surface area contributed by atoms with E-state index < -0.39 is 46.5 Å². The lowest BCUT2D eigenvalue weighted by Gasteiger charge is -2.43. The Morgan fingerprint density at radius 2 is 1.79 bits per heavy atom. The predicted molar refractivity (Wildman–Crippen MR) is 89.5 cm³/mol. The van der Waals surface area contributed by atoms with E-state index in [9.17, 15) is 27.2 Å². The smallest absolute Gasteiger partial charge is 0.302 e. The van der Waals surface area contributed by atoms with Gasteiger partial charge in [-0.25, -0.2) is 33.4 Å². The maximum absolute atomic E-state index is 13.6. The van der Waals surface area contributed by atoms with Crippen molar-refractivity contribution >= 4 is 17.6 Å². The number of Topliss-reactive ketones (excluding diaryl/α,β-unsaturated/α-hetero) is 1. The summed E-state index contributed by atoms with van der Waals surface area (Å²) in [5, 5.41) is 2.87. The Balaban J connectivity index is 2.00. The van der Waals surface area contributed by atoms with Crippen LogP contribution in [0.1, 0.15) is 45.7 Å². The molecule has 1 fully saturated rings. The molecule has 11 heteroatoms. The third kappa shape index (κ3) is 3.65. The average molecular weight is 397 g/mol. The average Bonchev–Trinajstić information content (AvgIpc) is 2.62. The van der Waals surface area contributed by atoms with Crippen molar-refractivity contribution in [2.24, 2.45) is 5.84 Å². The molecule has 1 aliphatic rings. The summed E-state index contributed by atoms with van der Waals surface area (Å²) in [5.41, 5.74) is -0.230. The molecule has 1 saturated carbocycles. The fraction of sp³-hybridized carbons (Fsp3) is 0.294. The van der Waals surface area contributed by atoms with Gasteiger partial charge in [-0.1, -0.05) is 0 Å². The molecule has 1 heterocycles. The first-order valence-corrected chi connectivity index (χ1v) is 8.21. The van der Waals surface area contributed by atoms with E-state index in [-0.39, 0.29) is 5.95 Å². The van der Waals surface area contributed by atoms with Gasteiger partial charge in [-0.15, -0.1) is 0 Å². The molecule has 0 aliphatic heterocycles. The van der Waals surface area contributed by atoms with Crippen LogP contribution in [-0.4, -0.2) is 28.1 Å². The Bertz CT molecular complexity index is 914. The number of carbonyl (C=O) groups is 2. The number of alkyl halides is 2. The second-order valence-corrected chi connectivity index (χ2v) is 6.31. The second kappa shape index (κ2) is 7.50. The van der Waals surface area contributed by atoms with Gasteiger partial charge in [0, 0.05) is 12.3 Å². The summed E-state index contributed by atoms with van der Waals surface area (Å²) in [7, 11) is 0. The second-order valence-electron chi connectivity index (χ2n) is 6.31. The Morgan fingerprint density at radius 3 is 2.29 bits per heavy atom. The zero-order valence-electron chi connectivity index (χ0n) is 14.3. The van der Waals surface area contributed by atoms with Crippen LogP contribution in [0.3, 0.4) is 0 Å². The summed E-state index contributed by atoms with van der Waals surface area (Å²) in [6, 6.07) is 3.03. The van der Waals surface area contributed by atoms with Crippen LogP contribution in [0.25, 0.3) is 0 Å². The van der Waals surface area contributed by atoms with E-state index in [1.165, 1.54) is 0 Å². The molecule has 1 aromatic heterocycles. The summed E-state index contributed by atoms with van der Waals surface area (Å²) < 4.78 is 53.0. The van der Waals surface area contributed by atoms with Crippen LogP contribution in [0, 0.1) is 11.6 Å². The number of carbonyl (C=O) groups excluding carboxylic acids is 2. The van der Waals surface area contributed by atoms with E-state index in [0.29, 0.717) is 18.4 Å². The van der Waals surface area contributed by atoms with Gasteiger partial charge >= 0.3 is 6.43 Å². The number of hydrogen-bond acceptors (Lipinski definition) is 6. The highest BCUT2D eigenvalue weighted by molar-refractivity contribution is 6.07. The molecule has 0 spiro atoms. The van der Waals surface area contributed by atoms with Crippen molar-refractivity contribution in [1.29, 1.82) is 0 Å². The molecular formula is C17H15F4N5O2. The summed E-state index contributed by atoms with van der Waals surface area (Å²) in [4.78, 5) is 31.1. The first-order valence-electron chi connectivity index (χ1n) is 8.21. The largest absolute Gasteiger partial charge is 0.345 e. The highest BCUT2D eigenvalue weighted by Gasteiger charge is 2.40. The molecule has 4 N–H and O–H groups in total. The summed E-state index contributed by atoms with van der Waals surface area (Å²) in [6.45, 7) is 0. The number of aromatic nitrogens is 2. The molecule has 3 rings (SSSR count). The molecule has 1 aromatic carbocycles. The van der Waals surface area contributed by atoms with E-state index in [2.05, 4.69) is 15.3 Å². The molecular weight excluding hydrogens is 382 g/mol. The first kappa shape index (κ1) is 19.7. The lowest BCUT2D eigenvalue weighted by Crippen LogP contribution is -2.43. The molecule has 2 aromatic rings. The van der Waals surface area contributed by atoms with Gasteiger partial charge in [0.1, 0.15) is 17.3 Å². The van der Waals surface area contributed by atoms with E-state index in [1.54, 1.807) is 5.43 Å². The van der Waals surface area contributed by atoms with Gasteiger partial charge in [0.15, 0.2) is 0 Å². The van der Waals surface area contributed by atoms with Crippen LogP contribution in [0.4, 0.5) is 23.5 Å². The van der Waals surface area contributed by atoms with Gasteiger partial charge in [-0.05, 0) is 37.0 Å². The molecule has 1 amide bonds. The third-order valence-electron chi connectivity index (χ3n) is 4.57. The Labute approximate surface area is 156 Å². The number of nitrogen functional groups attached to an aromatic ring is 1. The molecule has 1 aliphatic carbocycles. The number of rotatable bonds is 6. The van der Waals surface area contributed by atoms with Crippen molar-refractivity contribution in [3.05, 3.63) is 52.9 Å². The van der Waals surface area contributed by atoms with Crippen LogP contribution in [0.5, 0.6) is 0 Å². The summed E-state index contributed by atoms with van der Waals surface area (Å²) in [6.07, 6.45) is -0.833. The molecule has 0 unspecified atom stereocenters. The van der Waals surface area contributed by atoms with Crippen molar-refractivity contribution in [1.82, 2.24) is 15.4 Å². The van der Waals surface area contributed by atoms with Crippen LogP contribution >= 0.6 is 0 Å². The SMILES string of the molecule is NNC(=O)c1cnc(NC2(c3cc(F)cc(F)c3)CCC2)nc1C(=O)C(F)F. The van der Waals surface area contributed by atoms with Gasteiger partial charge in [-0.2, -0.15) is 0 Å². The molecule has 0 radical (unpaired) electrons. The van der Waals surface area contributed by atoms with Crippen molar-refractivity contribution in [3.63, 3.8) is 0 Å². The number of nitrogens with two attached hydrogens (primary N) is 1. The number of nitrogens with zero attached hydrogens (tertiary/aromatic N) is 2. The van der Waals surface area contributed by atoms with Gasteiger partial charge in [0.2, 0.25) is 11.7 Å². The molecule has 148 valence electrons. The Hall–Kier alpha value is -3.08. The van der Waals surface area contributed by atoms with Crippen LogP contribution in [-0.2, 0) is 5.54 Å². The monoisotopic (exact) mass is 397 g/mol. The number of benzene rings is 1. The van der Waals surface area contributed by atoms with Crippen molar-refractivity contribution < 1.29 is 27.2 Å². The molecule has 0 atom stereocenters. The van der Waals surface area contributed by atoms with E-state index in [0.717, 1.165) is 30.8 Å². The Morgan fingerprint density at radius 1 is 1.14 bits per heavy atom. The number of halogens is 4. The summed E-state index contributed by atoms with van der Waals surface area (Å²) in [5.74, 6) is 0.517. The lowest BCUT2D eigenvalue weighted by atomic mass is 9.72. The van der Waals surface area contributed by atoms with E-state index in [1.807, 2.05) is 0 Å². The highest BCUT2D eigenvalue weighted by atomic mass is 19.3. The lowest BCUT2D eigenvalue weighted by molar-refractivity contribution is 0.0669. The third-order valence-corrected chi connectivity index (χ3v) is 4.57. The van der Waals surface area contributed by atoms with Crippen LogP contribution in [0.2, 0.25) is 0 Å².